The highest BCUT2D eigenvalue weighted by Gasteiger charge is 2.42. The minimum absolute atomic E-state index is 0.0400. The van der Waals surface area contributed by atoms with Crippen molar-refractivity contribution in [1.82, 2.24) is 0 Å². The summed E-state index contributed by atoms with van der Waals surface area (Å²) in [4.78, 5) is 1.82. The standard InChI is InChI=1S/C14H18BrF3N2/c15-12-8-10(5-6-19)3-4-13(12)20-7-1-2-11(9-20)14(16,17)18/h3-4,8,11H,1-2,5-7,9,19H2. The Morgan fingerprint density at radius 3 is 2.70 bits per heavy atom. The van der Waals surface area contributed by atoms with Gasteiger partial charge in [-0.1, -0.05) is 6.07 Å². The van der Waals surface area contributed by atoms with E-state index in [1.165, 1.54) is 0 Å². The van der Waals surface area contributed by atoms with Crippen molar-refractivity contribution in [3.8, 4) is 0 Å². The van der Waals surface area contributed by atoms with E-state index in [4.69, 9.17) is 5.73 Å². The molecule has 112 valence electrons. The van der Waals surface area contributed by atoms with E-state index >= 15 is 0 Å². The molecule has 1 atom stereocenters. The first-order chi connectivity index (χ1) is 9.41. The van der Waals surface area contributed by atoms with Gasteiger partial charge in [-0.3, -0.25) is 0 Å². The fraction of sp³-hybridized carbons (Fsp3) is 0.571. The molecule has 0 spiro atoms. The van der Waals surface area contributed by atoms with Gasteiger partial charge in [-0.05, 0) is 59.4 Å². The number of alkyl halides is 3. The Morgan fingerprint density at radius 2 is 2.10 bits per heavy atom. The fourth-order valence-electron chi connectivity index (χ4n) is 2.59. The van der Waals surface area contributed by atoms with Crippen LogP contribution in [0, 0.1) is 5.92 Å². The maximum atomic E-state index is 12.8. The second-order valence-electron chi connectivity index (χ2n) is 5.15. The third-order valence-electron chi connectivity index (χ3n) is 3.67. The van der Waals surface area contributed by atoms with Gasteiger partial charge in [-0.2, -0.15) is 13.2 Å². The molecule has 1 aliphatic rings. The molecule has 0 radical (unpaired) electrons. The molecule has 20 heavy (non-hydrogen) atoms. The van der Waals surface area contributed by atoms with Gasteiger partial charge >= 0.3 is 6.18 Å². The van der Waals surface area contributed by atoms with Gasteiger partial charge in [0.25, 0.3) is 0 Å². The molecule has 1 fully saturated rings. The zero-order valence-electron chi connectivity index (χ0n) is 11.1. The number of hydrogen-bond donors (Lipinski definition) is 1. The molecule has 6 heteroatoms. The van der Waals surface area contributed by atoms with Gasteiger partial charge < -0.3 is 10.6 Å². The van der Waals surface area contributed by atoms with Gasteiger partial charge in [-0.15, -0.1) is 0 Å². The van der Waals surface area contributed by atoms with Gasteiger partial charge in [0.15, 0.2) is 0 Å². The van der Waals surface area contributed by atoms with Gasteiger partial charge in [0.05, 0.1) is 11.6 Å². The summed E-state index contributed by atoms with van der Waals surface area (Å²) >= 11 is 3.46. The van der Waals surface area contributed by atoms with E-state index in [-0.39, 0.29) is 13.0 Å². The lowest BCUT2D eigenvalue weighted by Gasteiger charge is -2.35. The normalized spacial score (nSPS) is 20.2. The minimum atomic E-state index is -4.11. The molecule has 1 saturated heterocycles. The number of halogens is 4. The molecule has 0 amide bonds. The first-order valence-corrected chi connectivity index (χ1v) is 7.51. The molecule has 1 aromatic carbocycles. The van der Waals surface area contributed by atoms with Crippen LogP contribution in [-0.2, 0) is 6.42 Å². The number of benzene rings is 1. The van der Waals surface area contributed by atoms with Gasteiger partial charge in [0.1, 0.15) is 0 Å². The van der Waals surface area contributed by atoms with Crippen molar-refractivity contribution < 1.29 is 13.2 Å². The van der Waals surface area contributed by atoms with Crippen LogP contribution in [0.3, 0.4) is 0 Å². The Balaban J connectivity index is 2.15. The first kappa shape index (κ1) is 15.6. The maximum absolute atomic E-state index is 12.8. The Kier molecular flexibility index (Phi) is 4.96. The summed E-state index contributed by atoms with van der Waals surface area (Å²) < 4.78 is 39.4. The van der Waals surface area contributed by atoms with E-state index < -0.39 is 12.1 Å². The average molecular weight is 351 g/mol. The summed E-state index contributed by atoms with van der Waals surface area (Å²) in [5.74, 6) is -1.23. The van der Waals surface area contributed by atoms with Crippen molar-refractivity contribution in [3.05, 3.63) is 28.2 Å². The third kappa shape index (κ3) is 3.67. The number of hydrogen-bond acceptors (Lipinski definition) is 2. The SMILES string of the molecule is NCCc1ccc(N2CCCC(C(F)(F)F)C2)c(Br)c1. The van der Waals surface area contributed by atoms with E-state index in [1.807, 2.05) is 23.1 Å². The van der Waals surface area contributed by atoms with Crippen molar-refractivity contribution in [3.63, 3.8) is 0 Å². The van der Waals surface area contributed by atoms with Crippen molar-refractivity contribution in [1.29, 1.82) is 0 Å². The smallest absolute Gasteiger partial charge is 0.370 e. The summed E-state index contributed by atoms with van der Waals surface area (Å²) in [6, 6.07) is 5.76. The Hall–Kier alpha value is -0.750. The van der Waals surface area contributed by atoms with E-state index in [0.717, 1.165) is 22.1 Å². The molecule has 1 unspecified atom stereocenters. The lowest BCUT2D eigenvalue weighted by molar-refractivity contribution is -0.175. The average Bonchev–Trinajstić information content (AvgIpc) is 2.38. The van der Waals surface area contributed by atoms with Crippen molar-refractivity contribution in [2.75, 3.05) is 24.5 Å². The fourth-order valence-corrected chi connectivity index (χ4v) is 3.27. The van der Waals surface area contributed by atoms with Crippen molar-refractivity contribution in [2.24, 2.45) is 11.7 Å². The molecule has 2 rings (SSSR count). The molecule has 2 nitrogen and oxygen atoms in total. The van der Waals surface area contributed by atoms with Gasteiger partial charge in [-0.25, -0.2) is 0 Å². The first-order valence-electron chi connectivity index (χ1n) is 6.72. The monoisotopic (exact) mass is 350 g/mol. The zero-order chi connectivity index (χ0) is 14.8. The number of nitrogens with zero attached hydrogens (tertiary/aromatic N) is 1. The van der Waals surface area contributed by atoms with Crippen LogP contribution in [-0.4, -0.2) is 25.8 Å². The molecular weight excluding hydrogens is 333 g/mol. The minimum Gasteiger partial charge on any atom is -0.370 e. The second kappa shape index (κ2) is 6.35. The molecule has 1 aliphatic heterocycles. The highest BCUT2D eigenvalue weighted by molar-refractivity contribution is 9.10. The van der Waals surface area contributed by atoms with Crippen LogP contribution in [0.25, 0.3) is 0 Å². The van der Waals surface area contributed by atoms with E-state index in [1.54, 1.807) is 0 Å². The summed E-state index contributed by atoms with van der Waals surface area (Å²) in [5.41, 5.74) is 7.43. The number of piperidine rings is 1. The molecule has 1 aromatic rings. The van der Waals surface area contributed by atoms with Crippen LogP contribution in [0.1, 0.15) is 18.4 Å². The molecule has 0 aliphatic carbocycles. The number of nitrogens with two attached hydrogens (primary N) is 1. The van der Waals surface area contributed by atoms with Crippen molar-refractivity contribution in [2.45, 2.75) is 25.4 Å². The van der Waals surface area contributed by atoms with Crippen LogP contribution in [0.2, 0.25) is 0 Å². The second-order valence-corrected chi connectivity index (χ2v) is 6.01. The lowest BCUT2D eigenvalue weighted by Crippen LogP contribution is -2.41. The molecule has 0 saturated carbocycles. The molecular formula is C14H18BrF3N2. The highest BCUT2D eigenvalue weighted by atomic mass is 79.9. The topological polar surface area (TPSA) is 29.3 Å². The number of anilines is 1. The maximum Gasteiger partial charge on any atom is 0.393 e. The lowest BCUT2D eigenvalue weighted by atomic mass is 9.97. The Labute approximate surface area is 125 Å². The van der Waals surface area contributed by atoms with Crippen LogP contribution in [0.15, 0.2) is 22.7 Å². The molecule has 1 heterocycles. The number of rotatable bonds is 3. The van der Waals surface area contributed by atoms with Crippen LogP contribution in [0.5, 0.6) is 0 Å². The Morgan fingerprint density at radius 1 is 1.35 bits per heavy atom. The van der Waals surface area contributed by atoms with E-state index in [0.29, 0.717) is 19.5 Å². The summed E-state index contributed by atoms with van der Waals surface area (Å²) in [6.07, 6.45) is -2.54. The largest absolute Gasteiger partial charge is 0.393 e. The summed E-state index contributed by atoms with van der Waals surface area (Å²) in [7, 11) is 0. The van der Waals surface area contributed by atoms with Crippen LogP contribution >= 0.6 is 15.9 Å². The predicted octanol–water partition coefficient (Wildman–Crippen LogP) is 3.73. The van der Waals surface area contributed by atoms with E-state index in [2.05, 4.69) is 15.9 Å². The van der Waals surface area contributed by atoms with Crippen LogP contribution < -0.4 is 10.6 Å². The summed E-state index contributed by atoms with van der Waals surface area (Å²) in [5, 5.41) is 0. The summed E-state index contributed by atoms with van der Waals surface area (Å²) in [6.45, 7) is 1.27. The van der Waals surface area contributed by atoms with Gasteiger partial charge in [0, 0.05) is 17.6 Å². The van der Waals surface area contributed by atoms with E-state index in [9.17, 15) is 13.2 Å². The van der Waals surface area contributed by atoms with Crippen molar-refractivity contribution >= 4 is 21.6 Å². The molecule has 2 N–H and O–H groups in total. The zero-order valence-corrected chi connectivity index (χ0v) is 12.7. The van der Waals surface area contributed by atoms with Gasteiger partial charge in [0.2, 0.25) is 0 Å². The predicted molar refractivity (Wildman–Crippen MR) is 77.9 cm³/mol. The molecule has 0 bridgehead atoms. The highest BCUT2D eigenvalue weighted by Crippen LogP contribution is 2.37. The third-order valence-corrected chi connectivity index (χ3v) is 4.31. The Bertz CT molecular complexity index is 462. The van der Waals surface area contributed by atoms with Crippen LogP contribution in [0.4, 0.5) is 18.9 Å². The quantitative estimate of drug-likeness (QED) is 0.899. The molecule has 0 aromatic heterocycles.